The van der Waals surface area contributed by atoms with Gasteiger partial charge < -0.3 is 15.4 Å². The van der Waals surface area contributed by atoms with Crippen molar-refractivity contribution in [2.45, 2.75) is 13.0 Å². The van der Waals surface area contributed by atoms with E-state index < -0.39 is 17.4 Å². The first-order valence-corrected chi connectivity index (χ1v) is 12.1. The number of nitrogens with two attached hydrogens (primary N) is 1. The number of benzene rings is 3. The standard InChI is InChI=1S/C27H23N5O3S/c1-16-14-23(26(33)18-7-9-19(10-8-18)27(28)29)31-22-15-20(11-12-21(16)22)32(36(34)35)24-6-2-4-17-5-3-13-30-25(17)24/h2-15,26,33H,1H3,(H3,28,29)(H,34,35)/p-1. The van der Waals surface area contributed by atoms with E-state index in [1.807, 2.05) is 31.2 Å². The number of hydrogen-bond acceptors (Lipinski definition) is 6. The zero-order valence-corrected chi connectivity index (χ0v) is 20.1. The maximum absolute atomic E-state index is 12.4. The van der Waals surface area contributed by atoms with Crippen LogP contribution in [0, 0.1) is 12.3 Å². The van der Waals surface area contributed by atoms with Gasteiger partial charge in [-0.1, -0.05) is 48.5 Å². The van der Waals surface area contributed by atoms with E-state index in [1.165, 1.54) is 4.31 Å². The highest BCUT2D eigenvalue weighted by Crippen LogP contribution is 2.34. The van der Waals surface area contributed by atoms with Crippen LogP contribution in [0.15, 0.2) is 85.1 Å². The minimum Gasteiger partial charge on any atom is -0.755 e. The van der Waals surface area contributed by atoms with E-state index in [-0.39, 0.29) is 5.84 Å². The Labute approximate surface area is 210 Å². The number of aliphatic hydroxyl groups excluding tert-OH is 1. The fourth-order valence-electron chi connectivity index (χ4n) is 4.26. The number of rotatable bonds is 6. The second kappa shape index (κ2) is 9.46. The van der Waals surface area contributed by atoms with Crippen LogP contribution in [0.4, 0.5) is 11.4 Å². The van der Waals surface area contributed by atoms with Gasteiger partial charge >= 0.3 is 0 Å². The summed E-state index contributed by atoms with van der Waals surface area (Å²) in [6, 6.07) is 22.8. The third-order valence-corrected chi connectivity index (χ3v) is 6.76. The van der Waals surface area contributed by atoms with Crippen molar-refractivity contribution in [3.05, 3.63) is 107 Å². The molecule has 0 saturated carbocycles. The second-order valence-electron chi connectivity index (χ2n) is 8.37. The molecule has 4 N–H and O–H groups in total. The highest BCUT2D eigenvalue weighted by atomic mass is 32.2. The maximum atomic E-state index is 12.4. The number of pyridine rings is 2. The van der Waals surface area contributed by atoms with Crippen molar-refractivity contribution in [1.29, 1.82) is 5.41 Å². The van der Waals surface area contributed by atoms with E-state index in [2.05, 4.69) is 9.97 Å². The summed E-state index contributed by atoms with van der Waals surface area (Å²) in [5.74, 6) is -0.0510. The molecule has 5 rings (SSSR count). The molecular formula is C27H22N5O3S-. The Morgan fingerprint density at radius 2 is 1.83 bits per heavy atom. The Balaban J connectivity index is 1.60. The molecule has 2 unspecified atom stereocenters. The molecule has 36 heavy (non-hydrogen) atoms. The van der Waals surface area contributed by atoms with E-state index in [1.54, 1.807) is 60.8 Å². The van der Waals surface area contributed by atoms with Crippen LogP contribution >= 0.6 is 0 Å². The van der Waals surface area contributed by atoms with Gasteiger partial charge in [0.05, 0.1) is 39.4 Å². The van der Waals surface area contributed by atoms with Crippen molar-refractivity contribution in [1.82, 2.24) is 9.97 Å². The monoisotopic (exact) mass is 496 g/mol. The number of nitrogens with zero attached hydrogens (tertiary/aromatic N) is 3. The summed E-state index contributed by atoms with van der Waals surface area (Å²) in [7, 11) is 0. The molecule has 8 nitrogen and oxygen atoms in total. The minimum atomic E-state index is -2.62. The van der Waals surface area contributed by atoms with E-state index in [4.69, 9.17) is 11.1 Å². The first kappa shape index (κ1) is 23.6. The summed E-state index contributed by atoms with van der Waals surface area (Å²) in [5.41, 5.74) is 9.94. The average Bonchev–Trinajstić information content (AvgIpc) is 2.88. The molecule has 0 bridgehead atoms. The highest BCUT2D eigenvalue weighted by molar-refractivity contribution is 7.81. The number of amidine groups is 1. The molecule has 180 valence electrons. The van der Waals surface area contributed by atoms with Gasteiger partial charge in [0.25, 0.3) is 0 Å². The minimum absolute atomic E-state index is 0.0510. The van der Waals surface area contributed by atoms with Gasteiger partial charge in [-0.2, -0.15) is 0 Å². The zero-order chi connectivity index (χ0) is 25.4. The summed E-state index contributed by atoms with van der Waals surface area (Å²) in [4.78, 5) is 9.06. The van der Waals surface area contributed by atoms with E-state index in [9.17, 15) is 13.9 Å². The summed E-state index contributed by atoms with van der Waals surface area (Å²) >= 11 is -2.62. The van der Waals surface area contributed by atoms with Gasteiger partial charge in [-0.15, -0.1) is 0 Å². The SMILES string of the molecule is Cc1cc(C(O)c2ccc(C(=N)N)cc2)nc2cc(N(c3cccc4cccnc34)S(=O)[O-])ccc12. The highest BCUT2D eigenvalue weighted by Gasteiger charge is 2.18. The summed E-state index contributed by atoms with van der Waals surface area (Å²) in [5, 5.41) is 20.2. The third-order valence-electron chi connectivity index (χ3n) is 6.05. The quantitative estimate of drug-likeness (QED) is 0.181. The van der Waals surface area contributed by atoms with Crippen molar-refractivity contribution in [3.8, 4) is 0 Å². The van der Waals surface area contributed by atoms with Crippen LogP contribution in [0.2, 0.25) is 0 Å². The molecule has 2 atom stereocenters. The van der Waals surface area contributed by atoms with Gasteiger partial charge in [0.2, 0.25) is 0 Å². The predicted molar refractivity (Wildman–Crippen MR) is 141 cm³/mol. The summed E-state index contributed by atoms with van der Waals surface area (Å²) in [6.45, 7) is 1.91. The van der Waals surface area contributed by atoms with Crippen molar-refractivity contribution < 1.29 is 13.9 Å². The largest absolute Gasteiger partial charge is 0.755 e. The van der Waals surface area contributed by atoms with Gasteiger partial charge in [0.1, 0.15) is 11.9 Å². The van der Waals surface area contributed by atoms with Crippen molar-refractivity contribution >= 4 is 50.3 Å². The molecule has 0 aliphatic heterocycles. The molecule has 9 heteroatoms. The lowest BCUT2D eigenvalue weighted by atomic mass is 10.0. The first-order chi connectivity index (χ1) is 17.3. The lowest BCUT2D eigenvalue weighted by Crippen LogP contribution is -2.20. The molecule has 0 fully saturated rings. The molecule has 0 aliphatic rings. The van der Waals surface area contributed by atoms with Crippen LogP contribution in [-0.4, -0.2) is 29.7 Å². The number of anilines is 2. The Morgan fingerprint density at radius 3 is 2.56 bits per heavy atom. The van der Waals surface area contributed by atoms with Crippen LogP contribution in [0.1, 0.15) is 28.5 Å². The fourth-order valence-corrected chi connectivity index (χ4v) is 4.85. The molecule has 0 saturated heterocycles. The number of aliphatic hydroxyl groups is 1. The molecule has 5 aromatic rings. The number of aromatic nitrogens is 2. The summed E-state index contributed by atoms with van der Waals surface area (Å²) < 4.78 is 26.0. The molecule has 0 spiro atoms. The van der Waals surface area contributed by atoms with Gasteiger partial charge in [-0.3, -0.25) is 18.9 Å². The zero-order valence-electron chi connectivity index (χ0n) is 19.3. The fraction of sp³-hybridized carbons (Fsp3) is 0.0741. The van der Waals surface area contributed by atoms with Crippen molar-refractivity contribution in [2.75, 3.05) is 4.31 Å². The van der Waals surface area contributed by atoms with Crippen LogP contribution in [0.25, 0.3) is 21.8 Å². The maximum Gasteiger partial charge on any atom is 0.122 e. The van der Waals surface area contributed by atoms with E-state index >= 15 is 0 Å². The number of fused-ring (bicyclic) bond motifs is 2. The Hall–Kier alpha value is -4.18. The van der Waals surface area contributed by atoms with Gasteiger partial charge in [-0.25, -0.2) is 4.98 Å². The number of hydrogen-bond donors (Lipinski definition) is 3. The first-order valence-electron chi connectivity index (χ1n) is 11.1. The number of aryl methyl sites for hydroxylation is 1. The van der Waals surface area contributed by atoms with Crippen LogP contribution in [-0.2, 0) is 11.3 Å². The molecule has 2 heterocycles. The Kier molecular flexibility index (Phi) is 6.19. The lowest BCUT2D eigenvalue weighted by molar-refractivity contribution is 0.215. The van der Waals surface area contributed by atoms with Gasteiger partial charge in [0, 0.05) is 22.5 Å². The topological polar surface area (TPSA) is 139 Å². The lowest BCUT2D eigenvalue weighted by Gasteiger charge is -2.27. The second-order valence-corrected chi connectivity index (χ2v) is 9.17. The number of nitrogens with one attached hydrogen (secondary N) is 1. The van der Waals surface area contributed by atoms with Crippen LogP contribution < -0.4 is 10.0 Å². The van der Waals surface area contributed by atoms with Crippen molar-refractivity contribution in [2.24, 2.45) is 5.73 Å². The van der Waals surface area contributed by atoms with E-state index in [0.29, 0.717) is 39.2 Å². The smallest absolute Gasteiger partial charge is 0.122 e. The average molecular weight is 497 g/mol. The summed E-state index contributed by atoms with van der Waals surface area (Å²) in [6.07, 6.45) is 0.615. The molecular weight excluding hydrogens is 474 g/mol. The number of nitrogen functional groups attached to an aromatic ring is 1. The molecule has 0 aliphatic carbocycles. The van der Waals surface area contributed by atoms with Crippen LogP contribution in [0.5, 0.6) is 0 Å². The van der Waals surface area contributed by atoms with Gasteiger partial charge in [0.15, 0.2) is 0 Å². The Bertz CT molecular complexity index is 1630. The molecule has 3 aromatic carbocycles. The third kappa shape index (κ3) is 4.31. The number of para-hydroxylation sites is 1. The molecule has 2 aromatic heterocycles. The normalized spacial score (nSPS) is 13.0. The van der Waals surface area contributed by atoms with Gasteiger partial charge in [-0.05, 0) is 48.4 Å². The predicted octanol–water partition coefficient (Wildman–Crippen LogP) is 4.39. The molecule has 0 radical (unpaired) electrons. The Morgan fingerprint density at radius 1 is 1.08 bits per heavy atom. The molecule has 0 amide bonds. The van der Waals surface area contributed by atoms with Crippen molar-refractivity contribution in [3.63, 3.8) is 0 Å². The van der Waals surface area contributed by atoms with Crippen LogP contribution in [0.3, 0.4) is 0 Å². The van der Waals surface area contributed by atoms with E-state index in [0.717, 1.165) is 16.3 Å².